The van der Waals surface area contributed by atoms with Gasteiger partial charge in [0.1, 0.15) is 11.3 Å². The van der Waals surface area contributed by atoms with Crippen LogP contribution < -0.4 is 10.1 Å². The second-order valence-electron chi connectivity index (χ2n) is 5.02. The highest BCUT2D eigenvalue weighted by Crippen LogP contribution is 2.19. The number of para-hydroxylation sites is 1. The van der Waals surface area contributed by atoms with Gasteiger partial charge in [0, 0.05) is 6.42 Å². The normalized spacial score (nSPS) is 10.9. The Morgan fingerprint density at radius 3 is 2.55 bits per heavy atom. The van der Waals surface area contributed by atoms with Crippen LogP contribution in [0.4, 0.5) is 0 Å². The fourth-order valence-corrected chi connectivity index (χ4v) is 1.72. The van der Waals surface area contributed by atoms with Crippen LogP contribution in [0.3, 0.4) is 0 Å². The van der Waals surface area contributed by atoms with Crippen LogP contribution in [0.25, 0.3) is 0 Å². The molecule has 5 nitrogen and oxygen atoms in total. The fraction of sp³-hybridized carbons (Fsp3) is 0.467. The van der Waals surface area contributed by atoms with Gasteiger partial charge in [-0.2, -0.15) is 0 Å². The zero-order valence-corrected chi connectivity index (χ0v) is 12.1. The van der Waals surface area contributed by atoms with Gasteiger partial charge in [-0.15, -0.1) is 0 Å². The van der Waals surface area contributed by atoms with Gasteiger partial charge >= 0.3 is 5.97 Å². The Kier molecular flexibility index (Phi) is 5.55. The molecule has 110 valence electrons. The SMILES string of the molecule is CCOc1ccccc1CCC(=O)NC(C)(C)C(=O)O. The third-order valence-corrected chi connectivity index (χ3v) is 2.88. The van der Waals surface area contributed by atoms with Crippen molar-refractivity contribution in [2.45, 2.75) is 39.2 Å². The van der Waals surface area contributed by atoms with E-state index >= 15 is 0 Å². The molecular formula is C15H21NO4. The van der Waals surface area contributed by atoms with E-state index in [9.17, 15) is 9.59 Å². The summed E-state index contributed by atoms with van der Waals surface area (Å²) < 4.78 is 5.48. The number of ether oxygens (including phenoxy) is 1. The topological polar surface area (TPSA) is 75.6 Å². The lowest BCUT2D eigenvalue weighted by Crippen LogP contribution is -2.49. The van der Waals surface area contributed by atoms with E-state index in [2.05, 4.69) is 5.32 Å². The maximum atomic E-state index is 11.8. The Balaban J connectivity index is 2.59. The lowest BCUT2D eigenvalue weighted by Gasteiger charge is -2.21. The van der Waals surface area contributed by atoms with Crippen LogP contribution in [0.15, 0.2) is 24.3 Å². The van der Waals surface area contributed by atoms with Crippen molar-refractivity contribution in [3.8, 4) is 5.75 Å². The molecule has 20 heavy (non-hydrogen) atoms. The van der Waals surface area contributed by atoms with Crippen molar-refractivity contribution in [1.29, 1.82) is 0 Å². The van der Waals surface area contributed by atoms with E-state index in [4.69, 9.17) is 9.84 Å². The van der Waals surface area contributed by atoms with Crippen molar-refractivity contribution in [3.63, 3.8) is 0 Å². The highest BCUT2D eigenvalue weighted by molar-refractivity contribution is 5.86. The van der Waals surface area contributed by atoms with Crippen LogP contribution >= 0.6 is 0 Å². The molecule has 0 saturated heterocycles. The summed E-state index contributed by atoms with van der Waals surface area (Å²) in [4.78, 5) is 22.7. The minimum absolute atomic E-state index is 0.223. The molecule has 1 aromatic carbocycles. The summed E-state index contributed by atoms with van der Waals surface area (Å²) in [6, 6.07) is 7.53. The van der Waals surface area contributed by atoms with Gasteiger partial charge in [0.05, 0.1) is 6.61 Å². The molecule has 1 aromatic rings. The van der Waals surface area contributed by atoms with Gasteiger partial charge in [0.2, 0.25) is 5.91 Å². The molecule has 0 heterocycles. The largest absolute Gasteiger partial charge is 0.494 e. The number of aliphatic carboxylic acids is 1. The first-order valence-electron chi connectivity index (χ1n) is 6.62. The number of carboxylic acid groups (broad SMARTS) is 1. The molecule has 0 aliphatic heterocycles. The van der Waals surface area contributed by atoms with Crippen LogP contribution in [0.2, 0.25) is 0 Å². The average Bonchev–Trinajstić information content (AvgIpc) is 2.37. The Bertz CT molecular complexity index is 483. The molecule has 2 N–H and O–H groups in total. The van der Waals surface area contributed by atoms with Gasteiger partial charge in [-0.3, -0.25) is 4.79 Å². The van der Waals surface area contributed by atoms with Gasteiger partial charge in [0.15, 0.2) is 0 Å². The molecular weight excluding hydrogens is 258 g/mol. The number of rotatable bonds is 7. The maximum absolute atomic E-state index is 11.8. The van der Waals surface area contributed by atoms with Crippen molar-refractivity contribution in [2.75, 3.05) is 6.61 Å². The summed E-state index contributed by atoms with van der Waals surface area (Å²) in [5.74, 6) is -0.579. The standard InChI is InChI=1S/C15H21NO4/c1-4-20-12-8-6-5-7-11(12)9-10-13(17)16-15(2,3)14(18)19/h5-8H,4,9-10H2,1-3H3,(H,16,17)(H,18,19). The number of carboxylic acids is 1. The summed E-state index contributed by atoms with van der Waals surface area (Å²) in [7, 11) is 0. The lowest BCUT2D eigenvalue weighted by atomic mass is 10.0. The van der Waals surface area contributed by atoms with Crippen molar-refractivity contribution < 1.29 is 19.4 Å². The van der Waals surface area contributed by atoms with Gasteiger partial charge < -0.3 is 15.2 Å². The maximum Gasteiger partial charge on any atom is 0.328 e. The lowest BCUT2D eigenvalue weighted by molar-refractivity contribution is -0.146. The van der Waals surface area contributed by atoms with Crippen LogP contribution in [-0.4, -0.2) is 29.1 Å². The Morgan fingerprint density at radius 1 is 1.30 bits per heavy atom. The highest BCUT2D eigenvalue weighted by Gasteiger charge is 2.28. The van der Waals surface area contributed by atoms with Crippen molar-refractivity contribution in [3.05, 3.63) is 29.8 Å². The molecule has 1 amide bonds. The number of carbonyl (C=O) groups excluding carboxylic acids is 1. The summed E-state index contributed by atoms with van der Waals surface area (Å²) >= 11 is 0. The van der Waals surface area contributed by atoms with E-state index in [-0.39, 0.29) is 12.3 Å². The number of nitrogens with one attached hydrogen (secondary N) is 1. The quantitative estimate of drug-likeness (QED) is 0.800. The predicted molar refractivity (Wildman–Crippen MR) is 75.8 cm³/mol. The number of benzene rings is 1. The second-order valence-corrected chi connectivity index (χ2v) is 5.02. The minimum Gasteiger partial charge on any atom is -0.494 e. The van der Waals surface area contributed by atoms with Gasteiger partial charge in [0.25, 0.3) is 0 Å². The second kappa shape index (κ2) is 6.93. The first-order valence-corrected chi connectivity index (χ1v) is 6.62. The fourth-order valence-electron chi connectivity index (χ4n) is 1.72. The monoisotopic (exact) mass is 279 g/mol. The van der Waals surface area contributed by atoms with Crippen molar-refractivity contribution in [2.24, 2.45) is 0 Å². The summed E-state index contributed by atoms with van der Waals surface area (Å²) in [5.41, 5.74) is -0.311. The molecule has 0 fully saturated rings. The van der Waals surface area contributed by atoms with Crippen molar-refractivity contribution in [1.82, 2.24) is 5.32 Å². The van der Waals surface area contributed by atoms with E-state index in [0.29, 0.717) is 13.0 Å². The van der Waals surface area contributed by atoms with E-state index in [1.807, 2.05) is 31.2 Å². The number of aryl methyl sites for hydroxylation is 1. The number of hydrogen-bond acceptors (Lipinski definition) is 3. The summed E-state index contributed by atoms with van der Waals surface area (Å²) in [6.07, 6.45) is 0.735. The molecule has 0 unspecified atom stereocenters. The number of amides is 1. The van der Waals surface area contributed by atoms with Gasteiger partial charge in [-0.1, -0.05) is 18.2 Å². The molecule has 0 aliphatic carbocycles. The van der Waals surface area contributed by atoms with Gasteiger partial charge in [-0.05, 0) is 38.8 Å². The average molecular weight is 279 g/mol. The summed E-state index contributed by atoms with van der Waals surface area (Å²) in [5, 5.41) is 11.5. The molecule has 1 rings (SSSR count). The predicted octanol–water partition coefficient (Wildman–Crippen LogP) is 2.00. The first kappa shape index (κ1) is 16.0. The minimum atomic E-state index is -1.25. The molecule has 5 heteroatoms. The highest BCUT2D eigenvalue weighted by atomic mass is 16.5. The Morgan fingerprint density at radius 2 is 1.95 bits per heavy atom. The first-order chi connectivity index (χ1) is 9.36. The molecule has 0 atom stereocenters. The van der Waals surface area contributed by atoms with E-state index < -0.39 is 11.5 Å². The third kappa shape index (κ3) is 4.57. The Hall–Kier alpha value is -2.04. The molecule has 0 aromatic heterocycles. The summed E-state index contributed by atoms with van der Waals surface area (Å²) in [6.45, 7) is 5.39. The van der Waals surface area contributed by atoms with E-state index in [1.54, 1.807) is 0 Å². The molecule has 0 radical (unpaired) electrons. The van der Waals surface area contributed by atoms with Crippen LogP contribution in [-0.2, 0) is 16.0 Å². The smallest absolute Gasteiger partial charge is 0.328 e. The van der Waals surface area contributed by atoms with E-state index in [1.165, 1.54) is 13.8 Å². The van der Waals surface area contributed by atoms with Crippen LogP contribution in [0, 0.1) is 0 Å². The van der Waals surface area contributed by atoms with Crippen molar-refractivity contribution >= 4 is 11.9 Å². The third-order valence-electron chi connectivity index (χ3n) is 2.88. The zero-order valence-electron chi connectivity index (χ0n) is 12.1. The van der Waals surface area contributed by atoms with Crippen LogP contribution in [0.5, 0.6) is 5.75 Å². The Labute approximate surface area is 118 Å². The number of hydrogen-bond donors (Lipinski definition) is 2. The molecule has 0 spiro atoms. The van der Waals surface area contributed by atoms with Gasteiger partial charge in [-0.25, -0.2) is 4.79 Å². The molecule has 0 aliphatic rings. The molecule has 0 saturated carbocycles. The van der Waals surface area contributed by atoms with Crippen LogP contribution in [0.1, 0.15) is 32.8 Å². The zero-order chi connectivity index (χ0) is 15.2. The number of carbonyl (C=O) groups is 2. The van der Waals surface area contributed by atoms with E-state index in [0.717, 1.165) is 11.3 Å². The molecule has 0 bridgehead atoms.